The molecule has 0 bridgehead atoms. The second kappa shape index (κ2) is 12.7. The zero-order chi connectivity index (χ0) is 24.3. The molecular weight excluding hydrogens is 436 g/mol. The fourth-order valence-corrected chi connectivity index (χ4v) is 3.90. The molecule has 182 valence electrons. The summed E-state index contributed by atoms with van der Waals surface area (Å²) in [4.78, 5) is 40.4. The largest absolute Gasteiger partial charge is 0.481 e. The Morgan fingerprint density at radius 2 is 1.91 bits per heavy atom. The van der Waals surface area contributed by atoms with Crippen LogP contribution < -0.4 is 16.0 Å². The molecule has 0 saturated heterocycles. The van der Waals surface area contributed by atoms with Gasteiger partial charge in [0.2, 0.25) is 5.91 Å². The predicted molar refractivity (Wildman–Crippen MR) is 128 cm³/mol. The van der Waals surface area contributed by atoms with Crippen molar-refractivity contribution in [1.82, 2.24) is 16.0 Å². The van der Waals surface area contributed by atoms with Gasteiger partial charge in [0, 0.05) is 19.4 Å². The van der Waals surface area contributed by atoms with Gasteiger partial charge in [0.15, 0.2) is 11.7 Å². The fourth-order valence-electron chi connectivity index (χ4n) is 3.90. The molecule has 3 atom stereocenters. The maximum atomic E-state index is 12.6. The van der Waals surface area contributed by atoms with Crippen LogP contribution in [0.3, 0.4) is 0 Å². The van der Waals surface area contributed by atoms with Crippen molar-refractivity contribution >= 4 is 23.6 Å². The molecule has 1 aliphatic heterocycles. The molecule has 1 aliphatic carbocycles. The van der Waals surface area contributed by atoms with Gasteiger partial charge in [0.05, 0.1) is 31.2 Å². The average Bonchev–Trinajstić information content (AvgIpc) is 2.83. The third kappa shape index (κ3) is 8.15. The number of unbranched alkanes of at least 4 members (excludes halogenated alkanes) is 1. The lowest BCUT2D eigenvalue weighted by Gasteiger charge is -2.25. The van der Waals surface area contributed by atoms with Gasteiger partial charge in [0.1, 0.15) is 0 Å². The number of hydrogen-bond donors (Lipinski definition) is 5. The highest BCUT2D eigenvalue weighted by Crippen LogP contribution is 2.19. The number of carbonyl (C=O) groups excluding carboxylic acids is 2. The number of aliphatic imine (C=N–C) groups is 1. The van der Waals surface area contributed by atoms with Crippen LogP contribution in [0.1, 0.15) is 50.1 Å². The van der Waals surface area contributed by atoms with Gasteiger partial charge in [-0.05, 0) is 30.4 Å². The number of aliphatic carboxylic acids is 1. The molecular formula is C25H32N4O5. The highest BCUT2D eigenvalue weighted by atomic mass is 16.4. The van der Waals surface area contributed by atoms with Gasteiger partial charge in [-0.1, -0.05) is 48.6 Å². The Bertz CT molecular complexity index is 957. The van der Waals surface area contributed by atoms with Crippen molar-refractivity contribution in [3.63, 3.8) is 0 Å². The van der Waals surface area contributed by atoms with Gasteiger partial charge in [-0.2, -0.15) is 0 Å². The van der Waals surface area contributed by atoms with Crippen LogP contribution in [-0.4, -0.2) is 59.1 Å². The number of aliphatic hydroxyl groups is 1. The standard InChI is InChI=1S/C25H32N4O5/c30-20-15-26-25(27-16-20)28-19-10-6-9-18(13-19)22(31)11-4-5-12-23(32)29-21(14-24(33)34)17-7-2-1-3-8-17/h1-3,6-10,19-21,30H,4-5,11-16H2,(H,29,32)(H,33,34)(H2,26,27,28). The minimum absolute atomic E-state index is 0.0542. The van der Waals surface area contributed by atoms with Crippen LogP contribution in [0.2, 0.25) is 0 Å². The number of carbonyl (C=O) groups is 3. The number of amides is 1. The highest BCUT2D eigenvalue weighted by molar-refractivity contribution is 5.96. The number of ketones is 1. The summed E-state index contributed by atoms with van der Waals surface area (Å²) in [6.45, 7) is 0.795. The van der Waals surface area contributed by atoms with E-state index in [0.717, 1.165) is 11.1 Å². The number of nitrogens with one attached hydrogen (secondary N) is 3. The quantitative estimate of drug-likeness (QED) is 0.311. The Morgan fingerprint density at radius 1 is 1.15 bits per heavy atom. The van der Waals surface area contributed by atoms with Gasteiger partial charge < -0.3 is 26.2 Å². The fraction of sp³-hybridized carbons (Fsp3) is 0.440. The average molecular weight is 469 g/mol. The van der Waals surface area contributed by atoms with Gasteiger partial charge in [0.25, 0.3) is 0 Å². The van der Waals surface area contributed by atoms with Gasteiger partial charge in [-0.15, -0.1) is 0 Å². The van der Waals surface area contributed by atoms with Crippen molar-refractivity contribution in [2.75, 3.05) is 13.1 Å². The van der Waals surface area contributed by atoms with E-state index < -0.39 is 18.1 Å². The summed E-state index contributed by atoms with van der Waals surface area (Å²) in [7, 11) is 0. The van der Waals surface area contributed by atoms with Gasteiger partial charge in [-0.25, -0.2) is 0 Å². The van der Waals surface area contributed by atoms with Crippen molar-refractivity contribution < 1.29 is 24.6 Å². The van der Waals surface area contributed by atoms with E-state index in [2.05, 4.69) is 20.9 Å². The smallest absolute Gasteiger partial charge is 0.305 e. The van der Waals surface area contributed by atoms with Crippen LogP contribution in [-0.2, 0) is 14.4 Å². The summed E-state index contributed by atoms with van der Waals surface area (Å²) in [6.07, 6.45) is 7.23. The number of benzene rings is 1. The summed E-state index contributed by atoms with van der Waals surface area (Å²) >= 11 is 0. The molecule has 34 heavy (non-hydrogen) atoms. The lowest BCUT2D eigenvalue weighted by Crippen LogP contribution is -2.49. The van der Waals surface area contributed by atoms with E-state index in [1.54, 1.807) is 24.3 Å². The first-order chi connectivity index (χ1) is 16.4. The number of aliphatic hydroxyl groups excluding tert-OH is 1. The number of hydrogen-bond acceptors (Lipinski definition) is 7. The molecule has 1 aromatic rings. The number of β-amino-alcohol motifs (C(OH)–C–C–N with tert-alkyl or cyclic N) is 1. The zero-order valence-corrected chi connectivity index (χ0v) is 19.1. The van der Waals surface area contributed by atoms with E-state index in [9.17, 15) is 19.5 Å². The molecule has 0 spiro atoms. The summed E-state index contributed by atoms with van der Waals surface area (Å²) in [5.41, 5.74) is 1.48. The van der Waals surface area contributed by atoms with Crippen molar-refractivity contribution in [1.29, 1.82) is 0 Å². The molecule has 0 saturated carbocycles. The summed E-state index contributed by atoms with van der Waals surface area (Å²) in [5, 5.41) is 27.7. The van der Waals surface area contributed by atoms with Crippen molar-refractivity contribution in [2.45, 2.75) is 56.7 Å². The van der Waals surface area contributed by atoms with E-state index in [1.807, 2.05) is 24.3 Å². The number of nitrogens with zero attached hydrogens (tertiary/aromatic N) is 1. The monoisotopic (exact) mass is 468 g/mol. The Balaban J connectivity index is 1.39. The number of allylic oxidation sites excluding steroid dienone is 2. The topological polar surface area (TPSA) is 140 Å². The maximum Gasteiger partial charge on any atom is 0.305 e. The molecule has 0 fully saturated rings. The normalized spacial score (nSPS) is 20.4. The molecule has 1 aromatic carbocycles. The molecule has 3 rings (SSSR count). The predicted octanol–water partition coefficient (Wildman–Crippen LogP) is 1.61. The van der Waals surface area contributed by atoms with Crippen LogP contribution in [0.25, 0.3) is 0 Å². The van der Waals surface area contributed by atoms with Crippen LogP contribution in [0, 0.1) is 0 Å². The number of carboxylic acid groups (broad SMARTS) is 1. The molecule has 0 radical (unpaired) electrons. The second-order valence-corrected chi connectivity index (χ2v) is 8.51. The first kappa shape index (κ1) is 25.2. The van der Waals surface area contributed by atoms with Gasteiger partial charge >= 0.3 is 5.97 Å². The van der Waals surface area contributed by atoms with Crippen LogP contribution in [0.5, 0.6) is 0 Å². The lowest BCUT2D eigenvalue weighted by molar-refractivity contribution is -0.137. The lowest BCUT2D eigenvalue weighted by atomic mass is 9.94. The molecule has 0 aromatic heterocycles. The first-order valence-corrected chi connectivity index (χ1v) is 11.6. The molecule has 1 heterocycles. The van der Waals surface area contributed by atoms with Crippen LogP contribution >= 0.6 is 0 Å². The van der Waals surface area contributed by atoms with Crippen LogP contribution in [0.4, 0.5) is 0 Å². The Hall–Kier alpha value is -3.46. The molecule has 3 unspecified atom stereocenters. The number of Topliss-reactive ketones (excluding diaryl/α,β-unsaturated/α-hetero) is 1. The molecule has 1 amide bonds. The Kier molecular flexibility index (Phi) is 9.40. The van der Waals surface area contributed by atoms with Crippen molar-refractivity contribution in [3.05, 3.63) is 59.7 Å². The molecule has 2 aliphatic rings. The zero-order valence-electron chi connectivity index (χ0n) is 19.1. The summed E-state index contributed by atoms with van der Waals surface area (Å²) in [5.74, 6) is -0.529. The second-order valence-electron chi connectivity index (χ2n) is 8.51. The molecule has 9 heteroatoms. The van der Waals surface area contributed by atoms with E-state index in [4.69, 9.17) is 5.11 Å². The van der Waals surface area contributed by atoms with E-state index in [-0.39, 0.29) is 30.6 Å². The highest BCUT2D eigenvalue weighted by Gasteiger charge is 2.20. The SMILES string of the molecule is O=C(O)CC(NC(=O)CCCCC(=O)C1=CC=CC(NC2=NCC(O)CN2)C1)c1ccccc1. The third-order valence-electron chi connectivity index (χ3n) is 5.70. The number of carboxylic acids is 1. The van der Waals surface area contributed by atoms with Gasteiger partial charge in [-0.3, -0.25) is 19.4 Å². The molecule has 5 N–H and O–H groups in total. The first-order valence-electron chi connectivity index (χ1n) is 11.6. The molecule has 9 nitrogen and oxygen atoms in total. The van der Waals surface area contributed by atoms with Crippen molar-refractivity contribution in [2.24, 2.45) is 4.99 Å². The Labute approximate surface area is 199 Å². The van der Waals surface area contributed by atoms with Crippen LogP contribution in [0.15, 0.2) is 59.1 Å². The van der Waals surface area contributed by atoms with E-state index in [0.29, 0.717) is 44.7 Å². The van der Waals surface area contributed by atoms with Crippen molar-refractivity contribution in [3.8, 4) is 0 Å². The third-order valence-corrected chi connectivity index (χ3v) is 5.70. The van der Waals surface area contributed by atoms with E-state index in [1.165, 1.54) is 0 Å². The number of guanidine groups is 1. The minimum atomic E-state index is -0.980. The maximum absolute atomic E-state index is 12.6. The minimum Gasteiger partial charge on any atom is -0.481 e. The van der Waals surface area contributed by atoms with E-state index >= 15 is 0 Å². The summed E-state index contributed by atoms with van der Waals surface area (Å²) < 4.78 is 0. The summed E-state index contributed by atoms with van der Waals surface area (Å²) in [6, 6.07) is 8.40. The number of rotatable bonds is 11. The Morgan fingerprint density at radius 3 is 2.62 bits per heavy atom.